The molecule has 20 heavy (non-hydrogen) atoms. The van der Waals surface area contributed by atoms with Crippen molar-refractivity contribution in [1.82, 2.24) is 15.1 Å². The summed E-state index contributed by atoms with van der Waals surface area (Å²) < 4.78 is 6.46. The molecule has 0 radical (unpaired) electrons. The first-order chi connectivity index (χ1) is 9.36. The predicted molar refractivity (Wildman–Crippen MR) is 73.7 cm³/mol. The number of rotatable bonds is 8. The van der Waals surface area contributed by atoms with E-state index in [9.17, 15) is 15.2 Å². The zero-order valence-electron chi connectivity index (χ0n) is 12.3. The van der Waals surface area contributed by atoms with Crippen molar-refractivity contribution >= 4 is 5.69 Å². The van der Waals surface area contributed by atoms with E-state index in [1.54, 1.807) is 21.0 Å². The fraction of sp³-hybridized carbons (Fsp3) is 0.750. The third-order valence-corrected chi connectivity index (χ3v) is 3.03. The fourth-order valence-corrected chi connectivity index (χ4v) is 2.04. The Morgan fingerprint density at radius 1 is 1.55 bits per heavy atom. The van der Waals surface area contributed by atoms with Gasteiger partial charge in [0.2, 0.25) is 0 Å². The van der Waals surface area contributed by atoms with E-state index in [-0.39, 0.29) is 18.3 Å². The highest BCUT2D eigenvalue weighted by molar-refractivity contribution is 5.39. The molecule has 0 saturated heterocycles. The van der Waals surface area contributed by atoms with Gasteiger partial charge in [0, 0.05) is 19.7 Å². The molecule has 0 aliphatic carbocycles. The maximum absolute atomic E-state index is 10.9. The average molecular weight is 286 g/mol. The second-order valence-electron chi connectivity index (χ2n) is 4.88. The Labute approximate surface area is 117 Å². The van der Waals surface area contributed by atoms with E-state index in [1.165, 1.54) is 4.68 Å². The minimum atomic E-state index is -0.674. The van der Waals surface area contributed by atoms with Crippen LogP contribution in [0.3, 0.4) is 0 Å². The van der Waals surface area contributed by atoms with Gasteiger partial charge in [0.25, 0.3) is 0 Å². The Morgan fingerprint density at radius 2 is 2.20 bits per heavy atom. The minimum absolute atomic E-state index is 0.0120. The lowest BCUT2D eigenvalue weighted by atomic mass is 10.3. The third kappa shape index (κ3) is 4.26. The van der Waals surface area contributed by atoms with Gasteiger partial charge in [-0.2, -0.15) is 5.10 Å². The molecular weight excluding hydrogens is 264 g/mol. The van der Waals surface area contributed by atoms with Gasteiger partial charge in [-0.1, -0.05) is 0 Å². The first-order valence-corrected chi connectivity index (χ1v) is 6.45. The van der Waals surface area contributed by atoms with Crippen LogP contribution in [0, 0.1) is 24.0 Å². The van der Waals surface area contributed by atoms with Crippen LogP contribution in [0.2, 0.25) is 0 Å². The lowest BCUT2D eigenvalue weighted by Crippen LogP contribution is -2.38. The standard InChI is InChI=1S/C12H22N4O4/c1-8(7-20-4)13-5-11(17)6-15-10(3)12(16(18)19)9(2)14-15/h8,11,13,17H,5-7H2,1-4H3. The molecule has 0 saturated carbocycles. The normalized spacial score (nSPS) is 14.2. The molecular formula is C12H22N4O4. The van der Waals surface area contributed by atoms with E-state index in [1.807, 2.05) is 6.92 Å². The molecule has 0 aliphatic rings. The van der Waals surface area contributed by atoms with Crippen molar-refractivity contribution in [3.63, 3.8) is 0 Å². The summed E-state index contributed by atoms with van der Waals surface area (Å²) in [4.78, 5) is 10.4. The third-order valence-electron chi connectivity index (χ3n) is 3.03. The zero-order valence-corrected chi connectivity index (χ0v) is 12.3. The number of nitrogens with zero attached hydrogens (tertiary/aromatic N) is 3. The van der Waals surface area contributed by atoms with Crippen LogP contribution in [0.4, 0.5) is 5.69 Å². The smallest absolute Gasteiger partial charge is 0.312 e. The molecule has 1 aromatic rings. The van der Waals surface area contributed by atoms with E-state index in [4.69, 9.17) is 4.74 Å². The number of hydrogen-bond donors (Lipinski definition) is 2. The number of methoxy groups -OCH3 is 1. The average Bonchev–Trinajstić information content (AvgIpc) is 2.62. The molecule has 8 heteroatoms. The molecule has 1 heterocycles. The van der Waals surface area contributed by atoms with Gasteiger partial charge in [-0.3, -0.25) is 14.8 Å². The summed E-state index contributed by atoms with van der Waals surface area (Å²) in [7, 11) is 1.61. The summed E-state index contributed by atoms with van der Waals surface area (Å²) in [5.41, 5.74) is 0.829. The Hall–Kier alpha value is -1.51. The van der Waals surface area contributed by atoms with Crippen molar-refractivity contribution in [3.05, 3.63) is 21.5 Å². The van der Waals surface area contributed by atoms with E-state index in [2.05, 4.69) is 10.4 Å². The molecule has 0 amide bonds. The summed E-state index contributed by atoms with van der Waals surface area (Å²) in [5, 5.41) is 28.1. The van der Waals surface area contributed by atoms with Gasteiger partial charge in [0.1, 0.15) is 11.4 Å². The monoisotopic (exact) mass is 286 g/mol. The second-order valence-corrected chi connectivity index (χ2v) is 4.88. The molecule has 1 rings (SSSR count). The molecule has 2 unspecified atom stereocenters. The molecule has 8 nitrogen and oxygen atoms in total. The highest BCUT2D eigenvalue weighted by atomic mass is 16.6. The van der Waals surface area contributed by atoms with Gasteiger partial charge in [0.05, 0.1) is 24.2 Å². The van der Waals surface area contributed by atoms with Crippen molar-refractivity contribution < 1.29 is 14.8 Å². The van der Waals surface area contributed by atoms with Crippen molar-refractivity contribution in [3.8, 4) is 0 Å². The van der Waals surface area contributed by atoms with Crippen LogP contribution in [0.25, 0.3) is 0 Å². The van der Waals surface area contributed by atoms with Gasteiger partial charge >= 0.3 is 5.69 Å². The molecule has 1 aromatic heterocycles. The van der Waals surface area contributed by atoms with Crippen LogP contribution in [0.1, 0.15) is 18.3 Å². The van der Waals surface area contributed by atoms with Crippen molar-refractivity contribution in [2.24, 2.45) is 0 Å². The van der Waals surface area contributed by atoms with Crippen molar-refractivity contribution in [2.75, 3.05) is 20.3 Å². The van der Waals surface area contributed by atoms with Gasteiger partial charge in [-0.05, 0) is 20.8 Å². The molecule has 2 atom stereocenters. The lowest BCUT2D eigenvalue weighted by molar-refractivity contribution is -0.386. The second kappa shape index (κ2) is 7.32. The highest BCUT2D eigenvalue weighted by Crippen LogP contribution is 2.21. The summed E-state index contributed by atoms with van der Waals surface area (Å²) in [6.45, 7) is 6.31. The number of hydrogen-bond acceptors (Lipinski definition) is 6. The van der Waals surface area contributed by atoms with Crippen LogP contribution in [-0.2, 0) is 11.3 Å². The van der Waals surface area contributed by atoms with Crippen LogP contribution in [0.15, 0.2) is 0 Å². The van der Waals surface area contributed by atoms with Crippen molar-refractivity contribution in [2.45, 2.75) is 39.5 Å². The largest absolute Gasteiger partial charge is 0.390 e. The number of aryl methyl sites for hydroxylation is 1. The Balaban J connectivity index is 2.60. The zero-order chi connectivity index (χ0) is 15.3. The number of nitrogens with one attached hydrogen (secondary N) is 1. The molecule has 114 valence electrons. The van der Waals surface area contributed by atoms with Gasteiger partial charge in [0.15, 0.2) is 0 Å². The molecule has 0 bridgehead atoms. The van der Waals surface area contributed by atoms with Gasteiger partial charge < -0.3 is 15.2 Å². The number of aromatic nitrogens is 2. The predicted octanol–water partition coefficient (Wildman–Crippen LogP) is 0.394. The molecule has 0 aromatic carbocycles. The summed E-state index contributed by atoms with van der Waals surface area (Å²) >= 11 is 0. The SMILES string of the molecule is COCC(C)NCC(O)Cn1nc(C)c([N+](=O)[O-])c1C. The van der Waals surface area contributed by atoms with Gasteiger partial charge in [-0.15, -0.1) is 0 Å². The van der Waals surface area contributed by atoms with Gasteiger partial charge in [-0.25, -0.2) is 0 Å². The molecule has 0 fully saturated rings. The van der Waals surface area contributed by atoms with E-state index < -0.39 is 11.0 Å². The lowest BCUT2D eigenvalue weighted by Gasteiger charge is -2.16. The number of nitro groups is 1. The van der Waals surface area contributed by atoms with Crippen molar-refractivity contribution in [1.29, 1.82) is 0 Å². The molecule has 0 spiro atoms. The van der Waals surface area contributed by atoms with Crippen LogP contribution in [-0.4, -0.2) is 52.2 Å². The van der Waals surface area contributed by atoms with Crippen LogP contribution in [0.5, 0.6) is 0 Å². The quantitative estimate of drug-likeness (QED) is 0.529. The first-order valence-electron chi connectivity index (χ1n) is 6.45. The molecule has 2 N–H and O–H groups in total. The summed E-state index contributed by atoms with van der Waals surface area (Å²) in [6.07, 6.45) is -0.674. The first kappa shape index (κ1) is 16.5. The van der Waals surface area contributed by atoms with Crippen LogP contribution < -0.4 is 5.32 Å². The topological polar surface area (TPSA) is 102 Å². The number of aliphatic hydroxyl groups is 1. The Bertz CT molecular complexity index is 461. The van der Waals surface area contributed by atoms with E-state index in [0.717, 1.165) is 0 Å². The minimum Gasteiger partial charge on any atom is -0.390 e. The highest BCUT2D eigenvalue weighted by Gasteiger charge is 2.22. The van der Waals surface area contributed by atoms with E-state index in [0.29, 0.717) is 24.5 Å². The number of aliphatic hydroxyl groups excluding tert-OH is 1. The number of ether oxygens (including phenoxy) is 1. The summed E-state index contributed by atoms with van der Waals surface area (Å²) in [6, 6.07) is 0.129. The Morgan fingerprint density at radius 3 is 2.70 bits per heavy atom. The Kier molecular flexibility index (Phi) is 6.05. The maximum atomic E-state index is 10.9. The fourth-order valence-electron chi connectivity index (χ4n) is 2.04. The van der Waals surface area contributed by atoms with E-state index >= 15 is 0 Å². The maximum Gasteiger partial charge on any atom is 0.312 e. The molecule has 0 aliphatic heterocycles. The summed E-state index contributed by atoms with van der Waals surface area (Å²) in [5.74, 6) is 0. The van der Waals surface area contributed by atoms with Crippen LogP contribution >= 0.6 is 0 Å².